The second-order valence-corrected chi connectivity index (χ2v) is 4.97. The van der Waals surface area contributed by atoms with Crippen LogP contribution in [0.4, 0.5) is 5.82 Å². The molecule has 1 unspecified atom stereocenters. The van der Waals surface area contributed by atoms with Gasteiger partial charge in [-0.15, -0.1) is 5.10 Å². The Morgan fingerprint density at radius 1 is 1.40 bits per heavy atom. The number of methoxy groups -OCH3 is 1. The van der Waals surface area contributed by atoms with Crippen LogP contribution >= 0.6 is 0 Å². The lowest BCUT2D eigenvalue weighted by molar-refractivity contribution is 0.203. The van der Waals surface area contributed by atoms with E-state index in [2.05, 4.69) is 28.9 Å². The lowest BCUT2D eigenvalue weighted by atomic mass is 10.1. The van der Waals surface area contributed by atoms with Crippen molar-refractivity contribution in [2.45, 2.75) is 40.2 Å². The maximum absolute atomic E-state index is 7.83. The predicted molar refractivity (Wildman–Crippen MR) is 81.5 cm³/mol. The van der Waals surface area contributed by atoms with Crippen molar-refractivity contribution in [3.05, 3.63) is 16.8 Å². The molecule has 1 aromatic rings. The molecule has 3 N–H and O–H groups in total. The van der Waals surface area contributed by atoms with Crippen molar-refractivity contribution < 1.29 is 4.74 Å². The molecule has 6 heteroatoms. The zero-order valence-electron chi connectivity index (χ0n) is 13.0. The molecule has 0 saturated carbocycles. The van der Waals surface area contributed by atoms with Gasteiger partial charge in [0.1, 0.15) is 5.84 Å². The van der Waals surface area contributed by atoms with E-state index in [1.165, 1.54) is 0 Å². The summed E-state index contributed by atoms with van der Waals surface area (Å²) in [4.78, 5) is 2.11. The van der Waals surface area contributed by atoms with Gasteiger partial charge in [-0.25, -0.2) is 0 Å². The Morgan fingerprint density at radius 3 is 2.55 bits per heavy atom. The number of nitrogens with zero attached hydrogens (tertiary/aromatic N) is 3. The number of hydrogen-bond acceptors (Lipinski definition) is 5. The van der Waals surface area contributed by atoms with Gasteiger partial charge in [0.05, 0.1) is 17.9 Å². The third-order valence-electron chi connectivity index (χ3n) is 3.64. The van der Waals surface area contributed by atoms with E-state index in [9.17, 15) is 0 Å². The minimum absolute atomic E-state index is 0.0289. The fraction of sp³-hybridized carbons (Fsp3) is 0.643. The highest BCUT2D eigenvalue weighted by molar-refractivity contribution is 6.01. The fourth-order valence-electron chi connectivity index (χ4n) is 2.06. The van der Waals surface area contributed by atoms with Crippen LogP contribution in [0.5, 0.6) is 0 Å². The van der Waals surface area contributed by atoms with Crippen LogP contribution in [0.3, 0.4) is 0 Å². The maximum Gasteiger partial charge on any atom is 0.162 e. The minimum atomic E-state index is 0.0289. The first kappa shape index (κ1) is 16.4. The molecule has 0 spiro atoms. The maximum atomic E-state index is 7.83. The van der Waals surface area contributed by atoms with E-state index in [4.69, 9.17) is 15.9 Å². The van der Waals surface area contributed by atoms with E-state index in [-0.39, 0.29) is 11.9 Å². The van der Waals surface area contributed by atoms with Crippen LogP contribution in [0.25, 0.3) is 0 Å². The van der Waals surface area contributed by atoms with Gasteiger partial charge in [-0.05, 0) is 32.8 Å². The topological polar surface area (TPSA) is 88.1 Å². The molecule has 20 heavy (non-hydrogen) atoms. The van der Waals surface area contributed by atoms with Crippen molar-refractivity contribution in [1.82, 2.24) is 10.2 Å². The van der Waals surface area contributed by atoms with Crippen LogP contribution in [0.1, 0.15) is 37.1 Å². The summed E-state index contributed by atoms with van der Waals surface area (Å²) in [6, 6.07) is 0.277. The van der Waals surface area contributed by atoms with Gasteiger partial charge in [0.25, 0.3) is 0 Å². The smallest absolute Gasteiger partial charge is 0.162 e. The standard InChI is InChI=1S/C14H25N5O/c1-6-9(2)19(7-8-20-5)14-12(13(15)16)10(3)11(4)17-18-14/h9H,6-8H2,1-5H3,(H3,15,16). The van der Waals surface area contributed by atoms with Crippen LogP contribution in [-0.4, -0.2) is 42.3 Å². The van der Waals surface area contributed by atoms with E-state index < -0.39 is 0 Å². The number of hydrogen-bond donors (Lipinski definition) is 2. The fourth-order valence-corrected chi connectivity index (χ4v) is 2.06. The normalized spacial score (nSPS) is 12.2. The summed E-state index contributed by atoms with van der Waals surface area (Å²) in [5.74, 6) is 0.702. The van der Waals surface area contributed by atoms with E-state index in [1.807, 2.05) is 13.8 Å². The molecule has 0 amide bonds. The summed E-state index contributed by atoms with van der Waals surface area (Å²) in [6.45, 7) is 9.33. The van der Waals surface area contributed by atoms with Crippen molar-refractivity contribution in [1.29, 1.82) is 5.41 Å². The van der Waals surface area contributed by atoms with Crippen LogP contribution in [0.2, 0.25) is 0 Å². The van der Waals surface area contributed by atoms with Gasteiger partial charge in [-0.1, -0.05) is 6.92 Å². The Labute approximate surface area is 120 Å². The first-order valence-corrected chi connectivity index (χ1v) is 6.87. The summed E-state index contributed by atoms with van der Waals surface area (Å²) < 4.78 is 5.17. The van der Waals surface area contributed by atoms with E-state index >= 15 is 0 Å². The lowest BCUT2D eigenvalue weighted by Crippen LogP contribution is -2.38. The molecule has 0 aliphatic rings. The summed E-state index contributed by atoms with van der Waals surface area (Å²) in [6.07, 6.45) is 0.968. The molecule has 0 saturated heterocycles. The second kappa shape index (κ2) is 7.19. The van der Waals surface area contributed by atoms with Crippen LogP contribution in [0.15, 0.2) is 0 Å². The number of ether oxygens (including phenoxy) is 1. The van der Waals surface area contributed by atoms with Crippen molar-refractivity contribution in [3.8, 4) is 0 Å². The van der Waals surface area contributed by atoms with E-state index in [0.717, 1.165) is 17.7 Å². The minimum Gasteiger partial charge on any atom is -0.384 e. The SMILES string of the molecule is CCC(C)N(CCOC)c1nnc(C)c(C)c1C(=N)N. The molecular formula is C14H25N5O. The lowest BCUT2D eigenvalue weighted by Gasteiger charge is -2.31. The molecule has 0 aliphatic heterocycles. The Balaban J connectivity index is 3.31. The highest BCUT2D eigenvalue weighted by Crippen LogP contribution is 2.24. The molecule has 0 fully saturated rings. The van der Waals surface area contributed by atoms with Crippen molar-refractivity contribution >= 4 is 11.7 Å². The molecule has 6 nitrogen and oxygen atoms in total. The van der Waals surface area contributed by atoms with Crippen LogP contribution in [-0.2, 0) is 4.74 Å². The van der Waals surface area contributed by atoms with E-state index in [1.54, 1.807) is 7.11 Å². The van der Waals surface area contributed by atoms with Gasteiger partial charge in [-0.2, -0.15) is 5.10 Å². The van der Waals surface area contributed by atoms with Crippen molar-refractivity contribution in [3.63, 3.8) is 0 Å². The van der Waals surface area contributed by atoms with Crippen molar-refractivity contribution in [2.24, 2.45) is 5.73 Å². The first-order valence-electron chi connectivity index (χ1n) is 6.87. The van der Waals surface area contributed by atoms with E-state index in [0.29, 0.717) is 24.5 Å². The molecule has 1 heterocycles. The average Bonchev–Trinajstić information content (AvgIpc) is 2.42. The highest BCUT2D eigenvalue weighted by atomic mass is 16.5. The molecular weight excluding hydrogens is 254 g/mol. The van der Waals surface area contributed by atoms with Gasteiger partial charge in [0.15, 0.2) is 5.82 Å². The summed E-state index contributed by atoms with van der Waals surface area (Å²) in [5, 5.41) is 16.3. The largest absolute Gasteiger partial charge is 0.384 e. The molecule has 0 aliphatic carbocycles. The van der Waals surface area contributed by atoms with Crippen molar-refractivity contribution in [2.75, 3.05) is 25.2 Å². The molecule has 0 bridgehead atoms. The van der Waals surface area contributed by atoms with Gasteiger partial charge < -0.3 is 15.4 Å². The second-order valence-electron chi connectivity index (χ2n) is 4.97. The number of amidine groups is 1. The number of nitrogens with two attached hydrogens (primary N) is 1. The number of anilines is 1. The number of rotatable bonds is 7. The molecule has 0 radical (unpaired) electrons. The highest BCUT2D eigenvalue weighted by Gasteiger charge is 2.22. The quantitative estimate of drug-likeness (QED) is 0.585. The first-order chi connectivity index (χ1) is 9.43. The third kappa shape index (κ3) is 3.45. The zero-order valence-corrected chi connectivity index (χ0v) is 13.0. The van der Waals surface area contributed by atoms with Gasteiger partial charge in [0, 0.05) is 19.7 Å². The summed E-state index contributed by atoms with van der Waals surface area (Å²) in [5.41, 5.74) is 8.14. The number of nitrogen functional groups attached to an aromatic ring is 1. The number of aromatic nitrogens is 2. The predicted octanol–water partition coefficient (Wildman–Crippen LogP) is 1.63. The molecule has 1 aromatic heterocycles. The number of nitrogens with one attached hydrogen (secondary N) is 1. The Kier molecular flexibility index (Phi) is 5.88. The average molecular weight is 279 g/mol. The summed E-state index contributed by atoms with van der Waals surface area (Å²) >= 11 is 0. The number of aryl methyl sites for hydroxylation is 1. The molecule has 1 rings (SSSR count). The Bertz CT molecular complexity index is 475. The Hall–Kier alpha value is -1.69. The third-order valence-corrected chi connectivity index (χ3v) is 3.64. The monoisotopic (exact) mass is 279 g/mol. The molecule has 0 aromatic carbocycles. The Morgan fingerprint density at radius 2 is 2.05 bits per heavy atom. The van der Waals surface area contributed by atoms with Gasteiger partial charge in [-0.3, -0.25) is 5.41 Å². The van der Waals surface area contributed by atoms with Gasteiger partial charge >= 0.3 is 0 Å². The van der Waals surface area contributed by atoms with Crippen LogP contribution in [0, 0.1) is 19.3 Å². The van der Waals surface area contributed by atoms with Crippen LogP contribution < -0.4 is 10.6 Å². The summed E-state index contributed by atoms with van der Waals surface area (Å²) in [7, 11) is 1.67. The zero-order chi connectivity index (χ0) is 15.3. The molecule has 1 atom stereocenters. The van der Waals surface area contributed by atoms with Gasteiger partial charge in [0.2, 0.25) is 0 Å². The molecule has 112 valence electrons.